The van der Waals surface area contributed by atoms with Gasteiger partial charge in [0.25, 0.3) is 0 Å². The molecule has 0 atom stereocenters. The first-order chi connectivity index (χ1) is 12.1. The monoisotopic (exact) mass is 358 g/mol. The molecule has 130 valence electrons. The van der Waals surface area contributed by atoms with Crippen LogP contribution in [0.2, 0.25) is 5.02 Å². The summed E-state index contributed by atoms with van der Waals surface area (Å²) < 4.78 is 10.7. The Kier molecular flexibility index (Phi) is 5.39. The van der Waals surface area contributed by atoms with Crippen molar-refractivity contribution in [2.45, 2.75) is 32.6 Å². The summed E-state index contributed by atoms with van der Waals surface area (Å²) in [6.07, 6.45) is 3.01. The Morgan fingerprint density at radius 2 is 2.00 bits per heavy atom. The zero-order chi connectivity index (χ0) is 17.8. The van der Waals surface area contributed by atoms with Crippen LogP contribution in [0.5, 0.6) is 5.75 Å². The number of benzene rings is 2. The normalized spacial score (nSPS) is 12.6. The van der Waals surface area contributed by atoms with Gasteiger partial charge in [-0.05, 0) is 61.6 Å². The molecule has 3 rings (SSSR count). The van der Waals surface area contributed by atoms with Crippen LogP contribution in [0.15, 0.2) is 36.4 Å². The second-order valence-corrected chi connectivity index (χ2v) is 6.35. The first-order valence-electron chi connectivity index (χ1n) is 8.35. The molecule has 0 radical (unpaired) electrons. The minimum atomic E-state index is -0.495. The second kappa shape index (κ2) is 7.70. The number of ether oxygens (including phenoxy) is 2. The third-order valence-corrected chi connectivity index (χ3v) is 4.48. The molecular formula is C20H19ClO4. The lowest BCUT2D eigenvalue weighted by Crippen LogP contribution is -2.14. The summed E-state index contributed by atoms with van der Waals surface area (Å²) in [5.41, 5.74) is 3.44. The molecule has 25 heavy (non-hydrogen) atoms. The topological polar surface area (TPSA) is 52.6 Å². The number of rotatable bonds is 5. The number of aryl methyl sites for hydroxylation is 1. The van der Waals surface area contributed by atoms with Crippen LogP contribution in [0, 0.1) is 0 Å². The maximum atomic E-state index is 12.4. The molecule has 2 aromatic carbocycles. The molecule has 0 saturated heterocycles. The Labute approximate surface area is 151 Å². The third-order valence-electron chi connectivity index (χ3n) is 4.25. The maximum absolute atomic E-state index is 12.4. The smallest absolute Gasteiger partial charge is 0.343 e. The largest absolute Gasteiger partial charge is 0.466 e. The van der Waals surface area contributed by atoms with Crippen molar-refractivity contribution >= 4 is 23.5 Å². The molecule has 0 aliphatic heterocycles. The fourth-order valence-corrected chi connectivity index (χ4v) is 3.33. The number of hydrogen-bond acceptors (Lipinski definition) is 4. The quantitative estimate of drug-likeness (QED) is 0.595. The molecule has 0 fully saturated rings. The fraction of sp³-hybridized carbons (Fsp3) is 0.300. The van der Waals surface area contributed by atoms with E-state index in [-0.39, 0.29) is 12.4 Å². The van der Waals surface area contributed by atoms with Gasteiger partial charge in [0.1, 0.15) is 5.75 Å². The lowest BCUT2D eigenvalue weighted by Gasteiger charge is -2.14. The van der Waals surface area contributed by atoms with E-state index >= 15 is 0 Å². The van der Waals surface area contributed by atoms with Crippen molar-refractivity contribution in [1.29, 1.82) is 0 Å². The van der Waals surface area contributed by atoms with Gasteiger partial charge in [-0.15, -0.1) is 0 Å². The Balaban J connectivity index is 1.90. The van der Waals surface area contributed by atoms with Crippen LogP contribution in [0.25, 0.3) is 0 Å². The van der Waals surface area contributed by atoms with Gasteiger partial charge in [0.2, 0.25) is 0 Å². The second-order valence-electron chi connectivity index (χ2n) is 5.92. The van der Waals surface area contributed by atoms with E-state index in [0.717, 1.165) is 30.4 Å². The Hall–Kier alpha value is -2.33. The molecule has 0 N–H and O–H groups in total. The highest BCUT2D eigenvalue weighted by atomic mass is 35.5. The van der Waals surface area contributed by atoms with Crippen LogP contribution in [0.4, 0.5) is 0 Å². The fourth-order valence-electron chi connectivity index (χ4n) is 3.14. The van der Waals surface area contributed by atoms with Gasteiger partial charge in [-0.1, -0.05) is 23.7 Å². The number of carbonyl (C=O) groups excluding carboxylic acids is 2. The minimum Gasteiger partial charge on any atom is -0.466 e. The van der Waals surface area contributed by atoms with E-state index in [9.17, 15) is 9.59 Å². The molecule has 0 aromatic heterocycles. The van der Waals surface area contributed by atoms with Crippen molar-refractivity contribution in [2.24, 2.45) is 0 Å². The molecule has 0 saturated carbocycles. The van der Waals surface area contributed by atoms with E-state index in [2.05, 4.69) is 0 Å². The number of fused-ring (bicyclic) bond motifs is 1. The average molecular weight is 359 g/mol. The molecule has 1 aliphatic carbocycles. The van der Waals surface area contributed by atoms with Crippen LogP contribution < -0.4 is 4.74 Å². The summed E-state index contributed by atoms with van der Waals surface area (Å²) in [5.74, 6) is -0.396. The summed E-state index contributed by atoms with van der Waals surface area (Å²) in [7, 11) is 0. The zero-order valence-corrected chi connectivity index (χ0v) is 14.8. The molecule has 0 spiro atoms. The van der Waals surface area contributed by atoms with Crippen molar-refractivity contribution in [2.75, 3.05) is 6.61 Å². The van der Waals surface area contributed by atoms with Crippen molar-refractivity contribution in [3.8, 4) is 5.75 Å². The minimum absolute atomic E-state index is 0.106. The third kappa shape index (κ3) is 4.02. The molecule has 2 aromatic rings. The van der Waals surface area contributed by atoms with E-state index in [4.69, 9.17) is 21.1 Å². The Bertz CT molecular complexity index is 813. The van der Waals surface area contributed by atoms with Crippen LogP contribution in [-0.2, 0) is 28.8 Å². The summed E-state index contributed by atoms with van der Waals surface area (Å²) in [6, 6.07) is 10.3. The number of esters is 2. The SMILES string of the molecule is CCOC(=O)Cc1c(OC(=O)c2cccc(Cl)c2)ccc2c1CCC2. The van der Waals surface area contributed by atoms with Gasteiger partial charge in [-0.2, -0.15) is 0 Å². The highest BCUT2D eigenvalue weighted by molar-refractivity contribution is 6.30. The van der Waals surface area contributed by atoms with Gasteiger partial charge in [0.05, 0.1) is 18.6 Å². The molecule has 0 heterocycles. The van der Waals surface area contributed by atoms with Crippen LogP contribution >= 0.6 is 11.6 Å². The number of halogens is 1. The van der Waals surface area contributed by atoms with E-state index in [1.54, 1.807) is 37.3 Å². The standard InChI is InChI=1S/C20H19ClO4/c1-2-24-19(22)12-17-16-8-4-5-13(16)9-10-18(17)25-20(23)14-6-3-7-15(21)11-14/h3,6-7,9-11H,2,4-5,8,12H2,1H3. The first kappa shape index (κ1) is 17.5. The van der Waals surface area contributed by atoms with Crippen LogP contribution in [0.3, 0.4) is 0 Å². The molecule has 5 heteroatoms. The van der Waals surface area contributed by atoms with Gasteiger partial charge in [0, 0.05) is 10.6 Å². The van der Waals surface area contributed by atoms with Gasteiger partial charge in [-0.3, -0.25) is 4.79 Å². The van der Waals surface area contributed by atoms with E-state index in [0.29, 0.717) is 22.9 Å². The van der Waals surface area contributed by atoms with Crippen LogP contribution in [-0.4, -0.2) is 18.5 Å². The summed E-state index contributed by atoms with van der Waals surface area (Å²) in [4.78, 5) is 24.4. The lowest BCUT2D eigenvalue weighted by molar-refractivity contribution is -0.142. The molecule has 0 bridgehead atoms. The first-order valence-corrected chi connectivity index (χ1v) is 8.73. The van der Waals surface area contributed by atoms with Crippen LogP contribution in [0.1, 0.15) is 40.4 Å². The van der Waals surface area contributed by atoms with E-state index in [1.807, 2.05) is 6.07 Å². The van der Waals surface area contributed by atoms with Gasteiger partial charge in [0.15, 0.2) is 0 Å². The predicted molar refractivity (Wildman–Crippen MR) is 95.2 cm³/mol. The molecule has 0 amide bonds. The summed E-state index contributed by atoms with van der Waals surface area (Å²) in [5, 5.41) is 0.468. The van der Waals surface area contributed by atoms with Crippen molar-refractivity contribution in [1.82, 2.24) is 0 Å². The van der Waals surface area contributed by atoms with Crippen molar-refractivity contribution in [3.05, 3.63) is 63.7 Å². The zero-order valence-electron chi connectivity index (χ0n) is 14.0. The summed E-state index contributed by atoms with van der Waals surface area (Å²) >= 11 is 5.93. The predicted octanol–water partition coefficient (Wildman–Crippen LogP) is 4.15. The van der Waals surface area contributed by atoms with E-state index < -0.39 is 5.97 Å². The molecule has 0 unspecified atom stereocenters. The highest BCUT2D eigenvalue weighted by Gasteiger charge is 2.23. The average Bonchev–Trinajstić information content (AvgIpc) is 3.06. The van der Waals surface area contributed by atoms with E-state index in [1.165, 1.54) is 5.56 Å². The van der Waals surface area contributed by atoms with Gasteiger partial charge < -0.3 is 9.47 Å². The van der Waals surface area contributed by atoms with Crippen molar-refractivity contribution < 1.29 is 19.1 Å². The van der Waals surface area contributed by atoms with Crippen molar-refractivity contribution in [3.63, 3.8) is 0 Å². The maximum Gasteiger partial charge on any atom is 0.343 e. The summed E-state index contributed by atoms with van der Waals surface area (Å²) in [6.45, 7) is 2.10. The molecule has 4 nitrogen and oxygen atoms in total. The van der Waals surface area contributed by atoms with Gasteiger partial charge >= 0.3 is 11.9 Å². The highest BCUT2D eigenvalue weighted by Crippen LogP contribution is 2.33. The van der Waals surface area contributed by atoms with Gasteiger partial charge in [-0.25, -0.2) is 4.79 Å². The molecular weight excluding hydrogens is 340 g/mol. The lowest BCUT2D eigenvalue weighted by atomic mass is 9.99. The Morgan fingerprint density at radius 3 is 2.76 bits per heavy atom. The number of hydrogen-bond donors (Lipinski definition) is 0. The number of carbonyl (C=O) groups is 2. The Morgan fingerprint density at radius 1 is 1.16 bits per heavy atom. The molecule has 1 aliphatic rings.